The zero-order valence-corrected chi connectivity index (χ0v) is 15.1. The van der Waals surface area contributed by atoms with Gasteiger partial charge < -0.3 is 0 Å². The molecule has 0 aliphatic rings. The molecular formula is C22H24N2O. The molecule has 0 saturated heterocycles. The lowest BCUT2D eigenvalue weighted by Gasteiger charge is -2.21. The Morgan fingerprint density at radius 1 is 1.08 bits per heavy atom. The molecule has 3 heteroatoms. The van der Waals surface area contributed by atoms with Crippen LogP contribution in [0.2, 0.25) is 0 Å². The van der Waals surface area contributed by atoms with Gasteiger partial charge in [-0.15, -0.1) is 6.58 Å². The van der Waals surface area contributed by atoms with Crippen LogP contribution in [0, 0.1) is 0 Å². The molecule has 1 heterocycles. The molecule has 0 unspecified atom stereocenters. The monoisotopic (exact) mass is 332 g/mol. The SMILES string of the molecule is C=CC[C@H](C)c1nc2ccccc2c(=O)n1-c1ccccc1C(C)C. The highest BCUT2D eigenvalue weighted by Crippen LogP contribution is 2.27. The molecule has 0 amide bonds. The van der Waals surface area contributed by atoms with Gasteiger partial charge in [-0.05, 0) is 36.1 Å². The number of hydrogen-bond acceptors (Lipinski definition) is 2. The quantitative estimate of drug-likeness (QED) is 0.603. The number of nitrogens with zero attached hydrogens (tertiary/aromatic N) is 2. The van der Waals surface area contributed by atoms with Gasteiger partial charge in [0, 0.05) is 5.92 Å². The lowest BCUT2D eigenvalue weighted by Crippen LogP contribution is -2.26. The van der Waals surface area contributed by atoms with Gasteiger partial charge in [-0.25, -0.2) is 4.98 Å². The number of allylic oxidation sites excluding steroid dienone is 1. The molecule has 3 nitrogen and oxygen atoms in total. The van der Waals surface area contributed by atoms with E-state index in [4.69, 9.17) is 4.98 Å². The van der Waals surface area contributed by atoms with E-state index in [2.05, 4.69) is 33.4 Å². The molecular weight excluding hydrogens is 308 g/mol. The third-order valence-corrected chi connectivity index (χ3v) is 4.56. The zero-order valence-electron chi connectivity index (χ0n) is 15.1. The van der Waals surface area contributed by atoms with Crippen LogP contribution in [0.25, 0.3) is 16.6 Å². The van der Waals surface area contributed by atoms with Crippen LogP contribution in [0.4, 0.5) is 0 Å². The molecule has 0 radical (unpaired) electrons. The van der Waals surface area contributed by atoms with Crippen molar-refractivity contribution in [2.45, 2.75) is 39.0 Å². The Hall–Kier alpha value is -2.68. The molecule has 0 bridgehead atoms. The first kappa shape index (κ1) is 17.2. The summed E-state index contributed by atoms with van der Waals surface area (Å²) in [5.74, 6) is 1.21. The first-order valence-electron chi connectivity index (χ1n) is 8.76. The second-order valence-corrected chi connectivity index (χ2v) is 6.77. The maximum absolute atomic E-state index is 13.3. The molecule has 1 aromatic heterocycles. The normalized spacial score (nSPS) is 12.5. The highest BCUT2D eigenvalue weighted by molar-refractivity contribution is 5.78. The van der Waals surface area contributed by atoms with E-state index in [0.717, 1.165) is 29.0 Å². The third kappa shape index (κ3) is 3.14. The van der Waals surface area contributed by atoms with Gasteiger partial charge >= 0.3 is 0 Å². The predicted molar refractivity (Wildman–Crippen MR) is 105 cm³/mol. The van der Waals surface area contributed by atoms with Gasteiger partial charge in [-0.3, -0.25) is 9.36 Å². The topological polar surface area (TPSA) is 34.9 Å². The van der Waals surface area contributed by atoms with E-state index in [1.807, 2.05) is 48.5 Å². The average molecular weight is 332 g/mol. The summed E-state index contributed by atoms with van der Waals surface area (Å²) in [6.07, 6.45) is 2.65. The van der Waals surface area contributed by atoms with Gasteiger partial charge in [0.25, 0.3) is 5.56 Å². The Balaban J connectivity index is 2.40. The van der Waals surface area contributed by atoms with Crippen LogP contribution < -0.4 is 5.56 Å². The van der Waals surface area contributed by atoms with Crippen molar-refractivity contribution in [1.29, 1.82) is 0 Å². The zero-order chi connectivity index (χ0) is 18.0. The van der Waals surface area contributed by atoms with Crippen LogP contribution in [0.5, 0.6) is 0 Å². The maximum Gasteiger partial charge on any atom is 0.265 e. The third-order valence-electron chi connectivity index (χ3n) is 4.56. The molecule has 3 rings (SSSR count). The summed E-state index contributed by atoms with van der Waals surface area (Å²) < 4.78 is 1.80. The first-order valence-corrected chi connectivity index (χ1v) is 8.76. The summed E-state index contributed by atoms with van der Waals surface area (Å²) >= 11 is 0. The first-order chi connectivity index (χ1) is 12.0. The summed E-state index contributed by atoms with van der Waals surface area (Å²) in [4.78, 5) is 18.2. The summed E-state index contributed by atoms with van der Waals surface area (Å²) in [7, 11) is 0. The molecule has 0 fully saturated rings. The number of fused-ring (bicyclic) bond motifs is 1. The molecule has 2 aromatic carbocycles. The standard InChI is InChI=1S/C22H24N2O/c1-5-10-16(4)21-23-19-13-8-6-12-18(19)22(25)24(21)20-14-9-7-11-17(20)15(2)3/h5-9,11-16H,1,10H2,2-4H3/t16-/m0/s1. The van der Waals surface area contributed by atoms with Crippen LogP contribution in [-0.2, 0) is 0 Å². The van der Waals surface area contributed by atoms with E-state index < -0.39 is 0 Å². The summed E-state index contributed by atoms with van der Waals surface area (Å²) in [5.41, 5.74) is 2.81. The van der Waals surface area contributed by atoms with E-state index in [1.165, 1.54) is 0 Å². The average Bonchev–Trinajstić information content (AvgIpc) is 2.62. The molecule has 0 N–H and O–H groups in total. The fourth-order valence-corrected chi connectivity index (χ4v) is 3.25. The van der Waals surface area contributed by atoms with Crippen molar-refractivity contribution < 1.29 is 0 Å². The van der Waals surface area contributed by atoms with Crippen molar-refractivity contribution in [3.8, 4) is 5.69 Å². The molecule has 0 spiro atoms. The van der Waals surface area contributed by atoms with Crippen LogP contribution in [-0.4, -0.2) is 9.55 Å². The van der Waals surface area contributed by atoms with E-state index in [9.17, 15) is 4.79 Å². The molecule has 0 aliphatic carbocycles. The predicted octanol–water partition coefficient (Wildman–Crippen LogP) is 5.19. The van der Waals surface area contributed by atoms with E-state index in [-0.39, 0.29) is 11.5 Å². The van der Waals surface area contributed by atoms with Gasteiger partial charge in [0.2, 0.25) is 0 Å². The van der Waals surface area contributed by atoms with Gasteiger partial charge in [0.1, 0.15) is 5.82 Å². The van der Waals surface area contributed by atoms with E-state index in [1.54, 1.807) is 4.57 Å². The minimum absolute atomic E-state index is 0.00962. The van der Waals surface area contributed by atoms with Gasteiger partial charge in [0.05, 0.1) is 16.6 Å². The smallest absolute Gasteiger partial charge is 0.265 e. The largest absolute Gasteiger partial charge is 0.268 e. The second kappa shape index (κ2) is 7.06. The molecule has 25 heavy (non-hydrogen) atoms. The Kier molecular flexibility index (Phi) is 4.84. The van der Waals surface area contributed by atoms with E-state index in [0.29, 0.717) is 11.3 Å². The Morgan fingerprint density at radius 3 is 2.48 bits per heavy atom. The van der Waals surface area contributed by atoms with Gasteiger partial charge in [-0.1, -0.05) is 57.2 Å². The molecule has 0 aliphatic heterocycles. The lowest BCUT2D eigenvalue weighted by molar-refractivity contribution is 0.672. The van der Waals surface area contributed by atoms with Crippen molar-refractivity contribution in [3.05, 3.63) is 82.9 Å². The number of para-hydroxylation sites is 2. The van der Waals surface area contributed by atoms with Crippen molar-refractivity contribution in [2.24, 2.45) is 0 Å². The van der Waals surface area contributed by atoms with Gasteiger partial charge in [-0.2, -0.15) is 0 Å². The fourth-order valence-electron chi connectivity index (χ4n) is 3.25. The molecule has 3 aromatic rings. The highest BCUT2D eigenvalue weighted by Gasteiger charge is 2.19. The van der Waals surface area contributed by atoms with Crippen molar-refractivity contribution >= 4 is 10.9 Å². The Bertz CT molecular complexity index is 969. The number of benzene rings is 2. The Morgan fingerprint density at radius 2 is 1.76 bits per heavy atom. The van der Waals surface area contributed by atoms with Crippen LogP contribution in [0.3, 0.4) is 0 Å². The summed E-state index contributed by atoms with van der Waals surface area (Å²) in [6.45, 7) is 10.2. The van der Waals surface area contributed by atoms with Crippen LogP contribution in [0.15, 0.2) is 66.0 Å². The minimum Gasteiger partial charge on any atom is -0.268 e. The Labute approximate surface area is 148 Å². The molecule has 128 valence electrons. The van der Waals surface area contributed by atoms with E-state index >= 15 is 0 Å². The van der Waals surface area contributed by atoms with Gasteiger partial charge in [0.15, 0.2) is 0 Å². The van der Waals surface area contributed by atoms with Crippen molar-refractivity contribution in [3.63, 3.8) is 0 Å². The maximum atomic E-state index is 13.3. The van der Waals surface area contributed by atoms with Crippen molar-refractivity contribution in [1.82, 2.24) is 9.55 Å². The molecule has 0 saturated carbocycles. The molecule has 1 atom stereocenters. The minimum atomic E-state index is -0.00962. The fraction of sp³-hybridized carbons (Fsp3) is 0.273. The van der Waals surface area contributed by atoms with Crippen molar-refractivity contribution in [2.75, 3.05) is 0 Å². The van der Waals surface area contributed by atoms with Crippen LogP contribution >= 0.6 is 0 Å². The van der Waals surface area contributed by atoms with Crippen LogP contribution in [0.1, 0.15) is 50.4 Å². The summed E-state index contributed by atoms with van der Waals surface area (Å²) in [5, 5.41) is 0.649. The number of aromatic nitrogens is 2. The summed E-state index contributed by atoms with van der Waals surface area (Å²) in [6, 6.07) is 15.7. The highest BCUT2D eigenvalue weighted by atomic mass is 16.1. The lowest BCUT2D eigenvalue weighted by atomic mass is 9.99. The number of hydrogen-bond donors (Lipinski definition) is 0. The number of rotatable bonds is 5. The second-order valence-electron chi connectivity index (χ2n) is 6.77.